The van der Waals surface area contributed by atoms with Crippen LogP contribution in [0.25, 0.3) is 0 Å². The highest BCUT2D eigenvalue weighted by atomic mass is 16.5. The standard InChI is InChI=1S/C12H17N3O/c1-16-12-7-6-10(9-14-12)15-11-5-3-2-4-8-13-11/h6-7,9H,2-5,8H2,1H3,(H,13,15). The number of amidine groups is 1. The second-order valence-corrected chi connectivity index (χ2v) is 3.85. The van der Waals surface area contributed by atoms with Crippen molar-refractivity contribution in [2.75, 3.05) is 19.0 Å². The van der Waals surface area contributed by atoms with Crippen molar-refractivity contribution in [2.24, 2.45) is 4.99 Å². The molecule has 4 nitrogen and oxygen atoms in total. The maximum atomic E-state index is 5.01. The summed E-state index contributed by atoms with van der Waals surface area (Å²) in [5.41, 5.74) is 0.974. The lowest BCUT2D eigenvalue weighted by Crippen LogP contribution is -2.11. The summed E-state index contributed by atoms with van der Waals surface area (Å²) in [7, 11) is 1.62. The van der Waals surface area contributed by atoms with Crippen LogP contribution in [0.2, 0.25) is 0 Å². The molecular weight excluding hydrogens is 202 g/mol. The molecule has 16 heavy (non-hydrogen) atoms. The Morgan fingerprint density at radius 2 is 2.19 bits per heavy atom. The summed E-state index contributed by atoms with van der Waals surface area (Å²) in [6.07, 6.45) is 6.50. The molecule has 2 rings (SSSR count). The maximum Gasteiger partial charge on any atom is 0.213 e. The molecule has 1 N–H and O–H groups in total. The third kappa shape index (κ3) is 2.95. The summed E-state index contributed by atoms with van der Waals surface area (Å²) in [6, 6.07) is 3.80. The number of ether oxygens (including phenoxy) is 1. The van der Waals surface area contributed by atoms with Crippen molar-refractivity contribution >= 4 is 11.5 Å². The first-order valence-electron chi connectivity index (χ1n) is 5.69. The fourth-order valence-electron chi connectivity index (χ4n) is 1.72. The third-order valence-electron chi connectivity index (χ3n) is 2.61. The van der Waals surface area contributed by atoms with Gasteiger partial charge in [-0.2, -0.15) is 0 Å². The zero-order valence-corrected chi connectivity index (χ0v) is 9.57. The second-order valence-electron chi connectivity index (χ2n) is 3.85. The quantitative estimate of drug-likeness (QED) is 0.831. The normalized spacial score (nSPS) is 16.2. The van der Waals surface area contributed by atoms with E-state index in [1.165, 1.54) is 19.3 Å². The van der Waals surface area contributed by atoms with Gasteiger partial charge in [-0.3, -0.25) is 4.99 Å². The van der Waals surface area contributed by atoms with Crippen LogP contribution in [0.5, 0.6) is 5.88 Å². The van der Waals surface area contributed by atoms with Crippen molar-refractivity contribution in [3.63, 3.8) is 0 Å². The first-order valence-corrected chi connectivity index (χ1v) is 5.69. The van der Waals surface area contributed by atoms with Gasteiger partial charge in [0.1, 0.15) is 5.84 Å². The van der Waals surface area contributed by atoms with Crippen molar-refractivity contribution < 1.29 is 4.74 Å². The Kier molecular flexibility index (Phi) is 3.75. The number of hydrogen-bond acceptors (Lipinski definition) is 4. The largest absolute Gasteiger partial charge is 0.481 e. The Morgan fingerprint density at radius 3 is 2.94 bits per heavy atom. The molecule has 0 aromatic carbocycles. The van der Waals surface area contributed by atoms with Crippen LogP contribution in [0, 0.1) is 0 Å². The Hall–Kier alpha value is -1.58. The molecule has 1 aliphatic rings. The zero-order valence-electron chi connectivity index (χ0n) is 9.57. The molecule has 0 aliphatic carbocycles. The van der Waals surface area contributed by atoms with Gasteiger partial charge >= 0.3 is 0 Å². The lowest BCUT2D eigenvalue weighted by Gasteiger charge is -2.08. The van der Waals surface area contributed by atoms with Crippen molar-refractivity contribution in [1.29, 1.82) is 0 Å². The number of nitrogens with one attached hydrogen (secondary N) is 1. The minimum atomic E-state index is 0.633. The first kappa shape index (κ1) is 10.9. The highest BCUT2D eigenvalue weighted by molar-refractivity contribution is 5.95. The lowest BCUT2D eigenvalue weighted by molar-refractivity contribution is 0.398. The van der Waals surface area contributed by atoms with E-state index >= 15 is 0 Å². The predicted octanol–water partition coefficient (Wildman–Crippen LogP) is 2.47. The molecule has 1 aliphatic heterocycles. The van der Waals surface area contributed by atoms with Crippen molar-refractivity contribution in [2.45, 2.75) is 25.7 Å². The van der Waals surface area contributed by atoms with Gasteiger partial charge in [-0.25, -0.2) is 4.98 Å². The number of pyridine rings is 1. The molecule has 0 fully saturated rings. The molecule has 0 saturated carbocycles. The number of hydrogen-bond donors (Lipinski definition) is 1. The van der Waals surface area contributed by atoms with E-state index in [0.717, 1.165) is 24.5 Å². The topological polar surface area (TPSA) is 46.5 Å². The van der Waals surface area contributed by atoms with E-state index in [1.807, 2.05) is 12.1 Å². The molecule has 1 aromatic rings. The summed E-state index contributed by atoms with van der Waals surface area (Å²) >= 11 is 0. The summed E-state index contributed by atoms with van der Waals surface area (Å²) in [5, 5.41) is 3.30. The smallest absolute Gasteiger partial charge is 0.213 e. The number of aromatic nitrogens is 1. The minimum absolute atomic E-state index is 0.633. The number of anilines is 1. The average molecular weight is 219 g/mol. The van der Waals surface area contributed by atoms with Crippen LogP contribution >= 0.6 is 0 Å². The second kappa shape index (κ2) is 5.49. The summed E-state index contributed by atoms with van der Waals surface area (Å²) in [4.78, 5) is 8.65. The number of methoxy groups -OCH3 is 1. The van der Waals surface area contributed by atoms with E-state index in [1.54, 1.807) is 13.3 Å². The highest BCUT2D eigenvalue weighted by Crippen LogP contribution is 2.13. The Balaban J connectivity index is 1.99. The first-order chi connectivity index (χ1) is 7.88. The van der Waals surface area contributed by atoms with E-state index in [0.29, 0.717) is 5.88 Å². The van der Waals surface area contributed by atoms with Gasteiger partial charge in [-0.1, -0.05) is 6.42 Å². The van der Waals surface area contributed by atoms with Gasteiger partial charge in [-0.15, -0.1) is 0 Å². The molecule has 0 radical (unpaired) electrons. The van der Waals surface area contributed by atoms with Gasteiger partial charge in [0.15, 0.2) is 0 Å². The average Bonchev–Trinajstić information content (AvgIpc) is 2.59. The lowest BCUT2D eigenvalue weighted by atomic mass is 10.2. The molecule has 0 amide bonds. The summed E-state index contributed by atoms with van der Waals surface area (Å²) < 4.78 is 5.01. The molecule has 4 heteroatoms. The van der Waals surface area contributed by atoms with Crippen LogP contribution in [0.4, 0.5) is 5.69 Å². The van der Waals surface area contributed by atoms with Crippen LogP contribution in [0.3, 0.4) is 0 Å². The van der Waals surface area contributed by atoms with Crippen LogP contribution in [-0.2, 0) is 0 Å². The third-order valence-corrected chi connectivity index (χ3v) is 2.61. The van der Waals surface area contributed by atoms with Crippen LogP contribution in [0.1, 0.15) is 25.7 Å². The van der Waals surface area contributed by atoms with Gasteiger partial charge < -0.3 is 10.1 Å². The highest BCUT2D eigenvalue weighted by Gasteiger charge is 2.04. The molecule has 86 valence electrons. The molecule has 0 spiro atoms. The Labute approximate surface area is 95.8 Å². The van der Waals surface area contributed by atoms with E-state index in [4.69, 9.17) is 4.74 Å². The molecule has 0 bridgehead atoms. The fourth-order valence-corrected chi connectivity index (χ4v) is 1.72. The Bertz CT molecular complexity index is 359. The molecular formula is C12H17N3O. The van der Waals surface area contributed by atoms with E-state index in [9.17, 15) is 0 Å². The van der Waals surface area contributed by atoms with E-state index < -0.39 is 0 Å². The van der Waals surface area contributed by atoms with Gasteiger partial charge in [0, 0.05) is 19.0 Å². The molecule has 0 saturated heterocycles. The number of aliphatic imine (C=N–C) groups is 1. The molecule has 0 unspecified atom stereocenters. The van der Waals surface area contributed by atoms with Gasteiger partial charge in [0.25, 0.3) is 0 Å². The fraction of sp³-hybridized carbons (Fsp3) is 0.500. The molecule has 0 atom stereocenters. The minimum Gasteiger partial charge on any atom is -0.481 e. The summed E-state index contributed by atoms with van der Waals surface area (Å²) in [5.74, 6) is 1.71. The van der Waals surface area contributed by atoms with Crippen LogP contribution in [-0.4, -0.2) is 24.5 Å². The van der Waals surface area contributed by atoms with Crippen LogP contribution in [0.15, 0.2) is 23.3 Å². The van der Waals surface area contributed by atoms with Crippen molar-refractivity contribution in [3.05, 3.63) is 18.3 Å². The van der Waals surface area contributed by atoms with E-state index in [2.05, 4.69) is 15.3 Å². The zero-order chi connectivity index (χ0) is 11.2. The summed E-state index contributed by atoms with van der Waals surface area (Å²) in [6.45, 7) is 0.936. The van der Waals surface area contributed by atoms with Gasteiger partial charge in [0.2, 0.25) is 5.88 Å². The van der Waals surface area contributed by atoms with Crippen LogP contribution < -0.4 is 10.1 Å². The Morgan fingerprint density at radius 1 is 1.25 bits per heavy atom. The monoisotopic (exact) mass is 219 g/mol. The number of nitrogens with zero attached hydrogens (tertiary/aromatic N) is 2. The van der Waals surface area contributed by atoms with Crippen molar-refractivity contribution in [3.8, 4) is 5.88 Å². The van der Waals surface area contributed by atoms with Gasteiger partial charge in [-0.05, 0) is 18.9 Å². The molecule has 2 heterocycles. The number of rotatable bonds is 2. The van der Waals surface area contributed by atoms with E-state index in [-0.39, 0.29) is 0 Å². The van der Waals surface area contributed by atoms with Gasteiger partial charge in [0.05, 0.1) is 19.0 Å². The molecule has 1 aromatic heterocycles. The predicted molar refractivity (Wildman–Crippen MR) is 65.2 cm³/mol. The maximum absolute atomic E-state index is 5.01. The SMILES string of the molecule is COc1ccc(NC2=NCCCCC2)cn1. The van der Waals surface area contributed by atoms with Crippen molar-refractivity contribution in [1.82, 2.24) is 4.98 Å².